The zero-order valence-corrected chi connectivity index (χ0v) is 20.8. The summed E-state index contributed by atoms with van der Waals surface area (Å²) >= 11 is 0. The van der Waals surface area contributed by atoms with Crippen molar-refractivity contribution in [2.24, 2.45) is 0 Å². The maximum atomic E-state index is 12.9. The third-order valence-electron chi connectivity index (χ3n) is 6.95. The van der Waals surface area contributed by atoms with Gasteiger partial charge in [0.15, 0.2) is 0 Å². The Labute approximate surface area is 215 Å². The van der Waals surface area contributed by atoms with Crippen molar-refractivity contribution in [3.05, 3.63) is 78.5 Å². The molecule has 2 aliphatic heterocycles. The van der Waals surface area contributed by atoms with Gasteiger partial charge in [-0.15, -0.1) is 0 Å². The first-order valence-corrected chi connectivity index (χ1v) is 12.5. The van der Waals surface area contributed by atoms with Crippen LogP contribution in [0, 0.1) is 0 Å². The number of aromatic nitrogens is 1. The summed E-state index contributed by atoms with van der Waals surface area (Å²) in [7, 11) is 1.66. The molecule has 1 aromatic heterocycles. The molecule has 3 heterocycles. The molecule has 7 nitrogen and oxygen atoms in total. The molecule has 1 N–H and O–H groups in total. The second-order valence-electron chi connectivity index (χ2n) is 9.24. The number of nitrogens with zero attached hydrogens (tertiary/aromatic N) is 2. The number of rotatable bonds is 7. The molecule has 0 unspecified atom stereocenters. The van der Waals surface area contributed by atoms with E-state index in [1.54, 1.807) is 7.11 Å². The van der Waals surface area contributed by atoms with Gasteiger partial charge in [-0.2, -0.15) is 0 Å². The van der Waals surface area contributed by atoms with Crippen molar-refractivity contribution in [2.45, 2.75) is 0 Å². The highest BCUT2D eigenvalue weighted by Gasteiger charge is 2.25. The van der Waals surface area contributed by atoms with Crippen molar-refractivity contribution in [2.75, 3.05) is 51.9 Å². The van der Waals surface area contributed by atoms with Gasteiger partial charge in [-0.1, -0.05) is 24.3 Å². The van der Waals surface area contributed by atoms with Crippen LogP contribution in [-0.4, -0.2) is 61.9 Å². The van der Waals surface area contributed by atoms with E-state index in [1.165, 1.54) is 0 Å². The van der Waals surface area contributed by atoms with Crippen LogP contribution in [0.25, 0.3) is 33.8 Å². The summed E-state index contributed by atoms with van der Waals surface area (Å²) in [4.78, 5) is 15.3. The molecular weight excluding hydrogens is 466 g/mol. The quantitative estimate of drug-likeness (QED) is 0.367. The topological polar surface area (TPSA) is 65.0 Å². The van der Waals surface area contributed by atoms with Crippen molar-refractivity contribution < 1.29 is 19.0 Å². The number of carbonyl (C=O) groups excluding carboxylic acids is 1. The Kier molecular flexibility index (Phi) is 6.39. The van der Waals surface area contributed by atoms with E-state index in [9.17, 15) is 4.79 Å². The maximum Gasteiger partial charge on any atom is 0.257 e. The molecule has 1 amide bonds. The van der Waals surface area contributed by atoms with Gasteiger partial charge in [0, 0.05) is 48.7 Å². The van der Waals surface area contributed by atoms with E-state index < -0.39 is 0 Å². The average molecular weight is 496 g/mol. The predicted octanol–water partition coefficient (Wildman–Crippen LogP) is 4.98. The van der Waals surface area contributed by atoms with Gasteiger partial charge in [0.1, 0.15) is 18.1 Å². The van der Waals surface area contributed by atoms with E-state index in [4.69, 9.17) is 14.2 Å². The third kappa shape index (κ3) is 4.83. The first-order chi connectivity index (χ1) is 18.2. The lowest BCUT2D eigenvalue weighted by Gasteiger charge is -2.26. The minimum atomic E-state index is -0.109. The molecule has 37 heavy (non-hydrogen) atoms. The number of benzene rings is 3. The smallest absolute Gasteiger partial charge is 0.257 e. The number of hydrogen-bond donors (Lipinski definition) is 1. The second-order valence-corrected chi connectivity index (χ2v) is 9.24. The van der Waals surface area contributed by atoms with E-state index >= 15 is 0 Å². The van der Waals surface area contributed by atoms with Crippen LogP contribution < -0.4 is 14.8 Å². The highest BCUT2D eigenvalue weighted by atomic mass is 16.5. The summed E-state index contributed by atoms with van der Waals surface area (Å²) < 4.78 is 18.8. The van der Waals surface area contributed by atoms with Crippen molar-refractivity contribution in [1.82, 2.24) is 9.47 Å². The summed E-state index contributed by atoms with van der Waals surface area (Å²) in [6.07, 6.45) is 3.87. The van der Waals surface area contributed by atoms with Crippen LogP contribution in [0.1, 0.15) is 5.56 Å². The lowest BCUT2D eigenvalue weighted by atomic mass is 10.0. The molecule has 0 aliphatic carbocycles. The Morgan fingerprint density at radius 1 is 0.973 bits per heavy atom. The van der Waals surface area contributed by atoms with Crippen LogP contribution in [0.4, 0.5) is 5.69 Å². The van der Waals surface area contributed by atoms with Crippen LogP contribution in [0.2, 0.25) is 0 Å². The fourth-order valence-corrected chi connectivity index (χ4v) is 4.91. The molecule has 4 aromatic rings. The van der Waals surface area contributed by atoms with Crippen LogP contribution >= 0.6 is 0 Å². The van der Waals surface area contributed by atoms with E-state index in [1.807, 2.05) is 83.7 Å². The highest BCUT2D eigenvalue weighted by Crippen LogP contribution is 2.37. The highest BCUT2D eigenvalue weighted by molar-refractivity contribution is 6.34. The fraction of sp³-hybridized carbons (Fsp3) is 0.233. The average Bonchev–Trinajstić information content (AvgIpc) is 3.48. The minimum Gasteiger partial charge on any atom is -0.497 e. The molecule has 3 aromatic carbocycles. The van der Waals surface area contributed by atoms with Crippen molar-refractivity contribution in [3.8, 4) is 22.6 Å². The summed E-state index contributed by atoms with van der Waals surface area (Å²) in [6, 6.07) is 22.1. The van der Waals surface area contributed by atoms with Crippen LogP contribution in [0.15, 0.2) is 72.9 Å². The maximum absolute atomic E-state index is 12.9. The number of nitrogens with one attached hydrogen (secondary N) is 1. The molecule has 188 valence electrons. The molecule has 0 bridgehead atoms. The SMILES string of the molecule is COc1cccc(-c2ccc3c(c2)NC(=O)C3=Cn2ccc3cc(OCCN4CCOCC4)ccc32)c1. The number of anilines is 1. The summed E-state index contributed by atoms with van der Waals surface area (Å²) in [5.41, 5.74) is 5.41. The van der Waals surface area contributed by atoms with E-state index in [0.29, 0.717) is 12.2 Å². The Balaban J connectivity index is 1.21. The molecule has 1 fully saturated rings. The lowest BCUT2D eigenvalue weighted by Crippen LogP contribution is -2.38. The molecule has 6 rings (SSSR count). The largest absolute Gasteiger partial charge is 0.497 e. The Morgan fingerprint density at radius 3 is 2.70 bits per heavy atom. The van der Waals surface area contributed by atoms with Crippen molar-refractivity contribution in [1.29, 1.82) is 0 Å². The molecular formula is C30H29N3O4. The first-order valence-electron chi connectivity index (χ1n) is 12.5. The van der Waals surface area contributed by atoms with Gasteiger partial charge in [-0.05, 0) is 53.6 Å². The van der Waals surface area contributed by atoms with Gasteiger partial charge in [0.05, 0.1) is 31.4 Å². The number of morpholine rings is 1. The number of amides is 1. The Morgan fingerprint density at radius 2 is 1.84 bits per heavy atom. The normalized spacial score (nSPS) is 16.7. The van der Waals surface area contributed by atoms with Gasteiger partial charge in [0.2, 0.25) is 0 Å². The van der Waals surface area contributed by atoms with Crippen LogP contribution in [-0.2, 0) is 9.53 Å². The van der Waals surface area contributed by atoms with Crippen molar-refractivity contribution in [3.63, 3.8) is 0 Å². The first kappa shape index (κ1) is 23.3. The zero-order chi connectivity index (χ0) is 25.2. The van der Waals surface area contributed by atoms with Gasteiger partial charge in [-0.3, -0.25) is 9.69 Å². The zero-order valence-electron chi connectivity index (χ0n) is 20.8. The van der Waals surface area contributed by atoms with Crippen LogP contribution in [0.3, 0.4) is 0 Å². The molecule has 0 atom stereocenters. The monoisotopic (exact) mass is 495 g/mol. The summed E-state index contributed by atoms with van der Waals surface area (Å²) in [5, 5.41) is 4.09. The number of carbonyl (C=O) groups is 1. The lowest BCUT2D eigenvalue weighted by molar-refractivity contribution is -0.110. The fourth-order valence-electron chi connectivity index (χ4n) is 4.91. The molecule has 1 saturated heterocycles. The van der Waals surface area contributed by atoms with Gasteiger partial charge < -0.3 is 24.1 Å². The predicted molar refractivity (Wildman–Crippen MR) is 146 cm³/mol. The Bertz CT molecular complexity index is 1480. The minimum absolute atomic E-state index is 0.109. The van der Waals surface area contributed by atoms with Crippen molar-refractivity contribution >= 4 is 34.3 Å². The second kappa shape index (κ2) is 10.1. The number of methoxy groups -OCH3 is 1. The summed E-state index contributed by atoms with van der Waals surface area (Å²) in [6.45, 7) is 5.03. The van der Waals surface area contributed by atoms with Crippen LogP contribution in [0.5, 0.6) is 11.5 Å². The Hall–Kier alpha value is -4.07. The number of hydrogen-bond acceptors (Lipinski definition) is 5. The van der Waals surface area contributed by atoms with E-state index in [-0.39, 0.29) is 5.91 Å². The molecule has 0 spiro atoms. The third-order valence-corrected chi connectivity index (χ3v) is 6.95. The number of ether oxygens (including phenoxy) is 3. The van der Waals surface area contributed by atoms with Gasteiger partial charge in [0.25, 0.3) is 5.91 Å². The molecule has 0 saturated carbocycles. The van der Waals surface area contributed by atoms with E-state index in [0.717, 1.165) is 77.6 Å². The summed E-state index contributed by atoms with van der Waals surface area (Å²) in [5.74, 6) is 1.54. The molecule has 0 radical (unpaired) electrons. The van der Waals surface area contributed by atoms with Gasteiger partial charge >= 0.3 is 0 Å². The molecule has 2 aliphatic rings. The van der Waals surface area contributed by atoms with E-state index in [2.05, 4.69) is 10.2 Å². The van der Waals surface area contributed by atoms with Gasteiger partial charge in [-0.25, -0.2) is 0 Å². The molecule has 7 heteroatoms. The number of fused-ring (bicyclic) bond motifs is 2. The standard InChI is InChI=1S/C30H29N3O4/c1-35-24-4-2-3-21(17-24)22-5-7-26-27(30(34)31-28(26)19-22)20-33-10-9-23-18-25(6-8-29(23)33)37-16-13-32-11-14-36-15-12-32/h2-10,17-20H,11-16H2,1H3,(H,31,34).